The molecule has 124 valence electrons. The van der Waals surface area contributed by atoms with Crippen LogP contribution < -0.4 is 5.32 Å². The Bertz CT molecular complexity index is 592. The SMILES string of the molecule is CCC(NC(=O)c1cc(C(=O)O)cc([N+](=O)[O-])c1)C1CCCO1. The van der Waals surface area contributed by atoms with E-state index in [4.69, 9.17) is 9.84 Å². The first-order chi connectivity index (χ1) is 10.9. The van der Waals surface area contributed by atoms with Gasteiger partial charge in [-0.3, -0.25) is 14.9 Å². The molecule has 2 N–H and O–H groups in total. The highest BCUT2D eigenvalue weighted by molar-refractivity contribution is 5.98. The summed E-state index contributed by atoms with van der Waals surface area (Å²) in [5.41, 5.74) is -0.775. The summed E-state index contributed by atoms with van der Waals surface area (Å²) in [5, 5.41) is 22.7. The fourth-order valence-electron chi connectivity index (χ4n) is 2.60. The molecule has 1 heterocycles. The van der Waals surface area contributed by atoms with Crippen LogP contribution in [-0.4, -0.2) is 40.7 Å². The third-order valence-corrected chi connectivity index (χ3v) is 3.81. The van der Waals surface area contributed by atoms with Crippen LogP contribution in [0.5, 0.6) is 0 Å². The van der Waals surface area contributed by atoms with Gasteiger partial charge >= 0.3 is 5.97 Å². The van der Waals surface area contributed by atoms with Crippen molar-refractivity contribution in [3.63, 3.8) is 0 Å². The van der Waals surface area contributed by atoms with E-state index in [0.717, 1.165) is 31.0 Å². The third-order valence-electron chi connectivity index (χ3n) is 3.81. The van der Waals surface area contributed by atoms with Crippen molar-refractivity contribution in [2.45, 2.75) is 38.3 Å². The van der Waals surface area contributed by atoms with Crippen LogP contribution in [-0.2, 0) is 4.74 Å². The first-order valence-corrected chi connectivity index (χ1v) is 7.37. The molecule has 0 aromatic heterocycles. The lowest BCUT2D eigenvalue weighted by Gasteiger charge is -2.22. The second-order valence-electron chi connectivity index (χ2n) is 5.37. The number of carboxylic acid groups (broad SMARTS) is 1. The van der Waals surface area contributed by atoms with Gasteiger partial charge in [-0.1, -0.05) is 6.92 Å². The molecule has 2 unspecified atom stereocenters. The highest BCUT2D eigenvalue weighted by Gasteiger charge is 2.27. The lowest BCUT2D eigenvalue weighted by atomic mass is 10.0. The Labute approximate surface area is 132 Å². The predicted octanol–water partition coefficient (Wildman–Crippen LogP) is 1.98. The Balaban J connectivity index is 2.23. The molecule has 1 aliphatic heterocycles. The molecule has 0 saturated carbocycles. The summed E-state index contributed by atoms with van der Waals surface area (Å²) in [6.45, 7) is 2.56. The minimum atomic E-state index is -1.33. The van der Waals surface area contributed by atoms with Gasteiger partial charge in [0.05, 0.1) is 22.6 Å². The van der Waals surface area contributed by atoms with Crippen LogP contribution in [0.1, 0.15) is 46.9 Å². The van der Waals surface area contributed by atoms with Crippen LogP contribution in [0.15, 0.2) is 18.2 Å². The predicted molar refractivity (Wildman–Crippen MR) is 80.6 cm³/mol. The molecule has 2 rings (SSSR count). The molecule has 1 fully saturated rings. The number of nitrogens with zero attached hydrogens (tertiary/aromatic N) is 1. The molecule has 23 heavy (non-hydrogen) atoms. The molecule has 2 atom stereocenters. The second kappa shape index (κ2) is 7.19. The Kier molecular flexibility index (Phi) is 5.28. The summed E-state index contributed by atoms with van der Waals surface area (Å²) in [6.07, 6.45) is 2.34. The molecule has 1 aliphatic rings. The fraction of sp³-hybridized carbons (Fsp3) is 0.467. The average Bonchev–Trinajstić information content (AvgIpc) is 3.05. The number of nitrogens with one attached hydrogen (secondary N) is 1. The van der Waals surface area contributed by atoms with Gasteiger partial charge in [-0.05, 0) is 25.3 Å². The summed E-state index contributed by atoms with van der Waals surface area (Å²) in [6, 6.07) is 2.92. The van der Waals surface area contributed by atoms with E-state index < -0.39 is 22.5 Å². The van der Waals surface area contributed by atoms with Crippen LogP contribution in [0.3, 0.4) is 0 Å². The summed E-state index contributed by atoms with van der Waals surface area (Å²) in [7, 11) is 0. The van der Waals surface area contributed by atoms with Crippen LogP contribution in [0.25, 0.3) is 0 Å². The smallest absolute Gasteiger partial charge is 0.335 e. The maximum Gasteiger partial charge on any atom is 0.335 e. The lowest BCUT2D eigenvalue weighted by Crippen LogP contribution is -2.42. The number of hydrogen-bond donors (Lipinski definition) is 2. The van der Waals surface area contributed by atoms with E-state index in [9.17, 15) is 19.7 Å². The topological polar surface area (TPSA) is 119 Å². The maximum atomic E-state index is 12.3. The van der Waals surface area contributed by atoms with Crippen molar-refractivity contribution in [2.75, 3.05) is 6.61 Å². The van der Waals surface area contributed by atoms with Gasteiger partial charge < -0.3 is 15.2 Å². The number of carbonyl (C=O) groups is 2. The molecule has 0 spiro atoms. The van der Waals surface area contributed by atoms with Gasteiger partial charge in [0, 0.05) is 24.3 Å². The quantitative estimate of drug-likeness (QED) is 0.610. The zero-order valence-corrected chi connectivity index (χ0v) is 12.7. The molecule has 0 radical (unpaired) electrons. The van der Waals surface area contributed by atoms with Gasteiger partial charge in [0.25, 0.3) is 11.6 Å². The van der Waals surface area contributed by atoms with Crippen molar-refractivity contribution in [2.24, 2.45) is 0 Å². The number of hydrogen-bond acceptors (Lipinski definition) is 5. The van der Waals surface area contributed by atoms with Gasteiger partial charge in [-0.15, -0.1) is 0 Å². The molecular weight excluding hydrogens is 304 g/mol. The number of ether oxygens (including phenoxy) is 1. The number of carboxylic acids is 1. The van der Waals surface area contributed by atoms with E-state index in [-0.39, 0.29) is 23.3 Å². The molecular formula is C15H18N2O6. The van der Waals surface area contributed by atoms with Crippen LogP contribution >= 0.6 is 0 Å². The van der Waals surface area contributed by atoms with Crippen molar-refractivity contribution >= 4 is 17.6 Å². The number of nitro benzene ring substituents is 1. The van der Waals surface area contributed by atoms with Gasteiger partial charge in [0.2, 0.25) is 0 Å². The van der Waals surface area contributed by atoms with Gasteiger partial charge in [0.15, 0.2) is 0 Å². The van der Waals surface area contributed by atoms with Crippen molar-refractivity contribution in [1.29, 1.82) is 0 Å². The molecule has 1 saturated heterocycles. The van der Waals surface area contributed by atoms with E-state index in [2.05, 4.69) is 5.32 Å². The third kappa shape index (κ3) is 4.04. The molecule has 1 aromatic rings. The number of non-ortho nitro benzene ring substituents is 1. The van der Waals surface area contributed by atoms with E-state index in [1.807, 2.05) is 6.92 Å². The Hall–Kier alpha value is -2.48. The maximum absolute atomic E-state index is 12.3. The number of benzene rings is 1. The minimum Gasteiger partial charge on any atom is -0.478 e. The number of aromatic carboxylic acids is 1. The average molecular weight is 322 g/mol. The van der Waals surface area contributed by atoms with Crippen LogP contribution in [0.2, 0.25) is 0 Å². The minimum absolute atomic E-state index is 0.0481. The normalized spacial score (nSPS) is 18.4. The number of nitro groups is 1. The summed E-state index contributed by atoms with van der Waals surface area (Å²) in [4.78, 5) is 33.6. The second-order valence-corrected chi connectivity index (χ2v) is 5.37. The largest absolute Gasteiger partial charge is 0.478 e. The van der Waals surface area contributed by atoms with Gasteiger partial charge in [-0.25, -0.2) is 4.79 Å². The highest BCUT2D eigenvalue weighted by Crippen LogP contribution is 2.20. The summed E-state index contributed by atoms with van der Waals surface area (Å²) < 4.78 is 5.55. The number of carbonyl (C=O) groups excluding carboxylic acids is 1. The fourth-order valence-corrected chi connectivity index (χ4v) is 2.60. The lowest BCUT2D eigenvalue weighted by molar-refractivity contribution is -0.384. The van der Waals surface area contributed by atoms with E-state index in [0.29, 0.717) is 13.0 Å². The standard InChI is InChI=1S/C15H18N2O6/c1-2-12(13-4-3-5-23-13)16-14(18)9-6-10(15(19)20)8-11(7-9)17(21)22/h6-8,12-13H,2-5H2,1H3,(H,16,18)(H,19,20). The molecule has 1 aromatic carbocycles. The van der Waals surface area contributed by atoms with Crippen molar-refractivity contribution in [3.05, 3.63) is 39.4 Å². The van der Waals surface area contributed by atoms with Crippen LogP contribution in [0.4, 0.5) is 5.69 Å². The molecule has 0 aliphatic carbocycles. The Morgan fingerprint density at radius 3 is 2.65 bits per heavy atom. The van der Waals surface area contributed by atoms with Gasteiger partial charge in [0.1, 0.15) is 0 Å². The zero-order chi connectivity index (χ0) is 17.0. The summed E-state index contributed by atoms with van der Waals surface area (Å²) in [5.74, 6) is -1.87. The first kappa shape index (κ1) is 16.9. The van der Waals surface area contributed by atoms with Crippen molar-refractivity contribution in [3.8, 4) is 0 Å². The zero-order valence-electron chi connectivity index (χ0n) is 12.7. The van der Waals surface area contributed by atoms with Gasteiger partial charge in [-0.2, -0.15) is 0 Å². The molecule has 8 nitrogen and oxygen atoms in total. The van der Waals surface area contributed by atoms with E-state index >= 15 is 0 Å². The summed E-state index contributed by atoms with van der Waals surface area (Å²) >= 11 is 0. The molecule has 1 amide bonds. The monoisotopic (exact) mass is 322 g/mol. The number of rotatable bonds is 6. The number of amides is 1. The van der Waals surface area contributed by atoms with E-state index in [1.54, 1.807) is 0 Å². The van der Waals surface area contributed by atoms with E-state index in [1.165, 1.54) is 0 Å². The Morgan fingerprint density at radius 2 is 2.13 bits per heavy atom. The first-order valence-electron chi connectivity index (χ1n) is 7.37. The van der Waals surface area contributed by atoms with Crippen molar-refractivity contribution < 1.29 is 24.4 Å². The Morgan fingerprint density at radius 1 is 1.43 bits per heavy atom. The molecule has 0 bridgehead atoms. The van der Waals surface area contributed by atoms with Crippen LogP contribution in [0, 0.1) is 10.1 Å². The highest BCUT2D eigenvalue weighted by atomic mass is 16.6. The molecule has 8 heteroatoms. The van der Waals surface area contributed by atoms with Crippen molar-refractivity contribution in [1.82, 2.24) is 5.32 Å².